The predicted molar refractivity (Wildman–Crippen MR) is 112 cm³/mol. The van der Waals surface area contributed by atoms with Gasteiger partial charge in [0.25, 0.3) is 0 Å². The Hall–Kier alpha value is -2.57. The van der Waals surface area contributed by atoms with Gasteiger partial charge >= 0.3 is 0 Å². The first-order valence-electron chi connectivity index (χ1n) is 9.00. The van der Waals surface area contributed by atoms with Crippen LogP contribution >= 0.6 is 11.6 Å². The molecule has 0 N–H and O–H groups in total. The Labute approximate surface area is 159 Å². The topological polar surface area (TPSA) is 0 Å². The van der Waals surface area contributed by atoms with E-state index >= 15 is 0 Å². The van der Waals surface area contributed by atoms with Crippen molar-refractivity contribution >= 4 is 22.4 Å². The summed E-state index contributed by atoms with van der Waals surface area (Å²) in [6.45, 7) is 4.63. The van der Waals surface area contributed by atoms with Crippen molar-refractivity contribution in [2.45, 2.75) is 19.3 Å². The predicted octanol–water partition coefficient (Wildman–Crippen LogP) is 7.47. The minimum Gasteiger partial charge on any atom is -0.0830 e. The van der Waals surface area contributed by atoms with Crippen LogP contribution < -0.4 is 0 Å². The van der Waals surface area contributed by atoms with Gasteiger partial charge in [0.15, 0.2) is 0 Å². The molecule has 0 spiro atoms. The third kappa shape index (κ3) is 1.97. The number of rotatable bonds is 1. The summed E-state index contributed by atoms with van der Waals surface area (Å²) < 4.78 is 0. The lowest BCUT2D eigenvalue weighted by atomic mass is 9.77. The number of hydrogen-bond acceptors (Lipinski definition) is 0. The van der Waals surface area contributed by atoms with Crippen molar-refractivity contribution in [2.75, 3.05) is 0 Å². The summed E-state index contributed by atoms with van der Waals surface area (Å²) in [4.78, 5) is 0. The van der Waals surface area contributed by atoms with Gasteiger partial charge in [-0.25, -0.2) is 0 Å². The SMILES string of the molecule is CC1(C)c2ccccc2-c2c1c(-c1ccccc1)c1ccccc1c2Cl. The molecule has 0 saturated carbocycles. The first-order chi connectivity index (χ1) is 12.6. The van der Waals surface area contributed by atoms with Crippen LogP contribution in [0.2, 0.25) is 5.02 Å². The molecule has 0 nitrogen and oxygen atoms in total. The molecule has 4 aromatic rings. The van der Waals surface area contributed by atoms with Gasteiger partial charge in [0.2, 0.25) is 0 Å². The normalized spacial score (nSPS) is 14.3. The van der Waals surface area contributed by atoms with Gasteiger partial charge in [0.05, 0.1) is 5.02 Å². The van der Waals surface area contributed by atoms with Crippen molar-refractivity contribution in [3.63, 3.8) is 0 Å². The third-order valence-corrected chi connectivity index (χ3v) is 6.10. The van der Waals surface area contributed by atoms with Gasteiger partial charge in [-0.1, -0.05) is 104 Å². The van der Waals surface area contributed by atoms with Gasteiger partial charge in [0.1, 0.15) is 0 Å². The highest BCUT2D eigenvalue weighted by Crippen LogP contribution is 2.57. The summed E-state index contributed by atoms with van der Waals surface area (Å²) in [5, 5.41) is 3.22. The molecule has 5 rings (SSSR count). The van der Waals surface area contributed by atoms with E-state index in [9.17, 15) is 0 Å². The summed E-state index contributed by atoms with van der Waals surface area (Å²) in [6, 6.07) is 27.9. The fraction of sp³-hybridized carbons (Fsp3) is 0.120. The zero-order chi connectivity index (χ0) is 17.9. The van der Waals surface area contributed by atoms with Crippen LogP contribution in [0.3, 0.4) is 0 Å². The molecule has 0 saturated heterocycles. The molecule has 0 aliphatic heterocycles. The van der Waals surface area contributed by atoms with Crippen LogP contribution in [-0.4, -0.2) is 0 Å². The second-order valence-corrected chi connectivity index (χ2v) is 7.90. The summed E-state index contributed by atoms with van der Waals surface area (Å²) in [5.41, 5.74) is 7.62. The minimum absolute atomic E-state index is 0.0925. The van der Waals surface area contributed by atoms with E-state index in [2.05, 4.69) is 92.7 Å². The number of benzene rings is 4. The lowest BCUT2D eigenvalue weighted by molar-refractivity contribution is 0.663. The van der Waals surface area contributed by atoms with E-state index in [-0.39, 0.29) is 5.41 Å². The molecule has 126 valence electrons. The van der Waals surface area contributed by atoms with Gasteiger partial charge in [-0.15, -0.1) is 0 Å². The Morgan fingerprint density at radius 2 is 1.27 bits per heavy atom. The smallest absolute Gasteiger partial charge is 0.0566 e. The number of hydrogen-bond donors (Lipinski definition) is 0. The van der Waals surface area contributed by atoms with Crippen molar-refractivity contribution in [3.8, 4) is 22.3 Å². The molecule has 0 unspecified atom stereocenters. The van der Waals surface area contributed by atoms with E-state index in [1.54, 1.807) is 0 Å². The van der Waals surface area contributed by atoms with Crippen molar-refractivity contribution in [3.05, 3.63) is 95.0 Å². The zero-order valence-electron chi connectivity index (χ0n) is 14.9. The molecule has 0 radical (unpaired) electrons. The van der Waals surface area contributed by atoms with E-state index < -0.39 is 0 Å². The van der Waals surface area contributed by atoms with Crippen molar-refractivity contribution < 1.29 is 0 Å². The van der Waals surface area contributed by atoms with Crippen molar-refractivity contribution in [2.24, 2.45) is 0 Å². The van der Waals surface area contributed by atoms with Crippen molar-refractivity contribution in [1.29, 1.82) is 0 Å². The summed E-state index contributed by atoms with van der Waals surface area (Å²) in [7, 11) is 0. The van der Waals surface area contributed by atoms with Crippen LogP contribution in [0.5, 0.6) is 0 Å². The minimum atomic E-state index is -0.0925. The Morgan fingerprint density at radius 1 is 0.654 bits per heavy atom. The maximum atomic E-state index is 7.00. The molecule has 0 fully saturated rings. The van der Waals surface area contributed by atoms with Crippen LogP contribution in [0.25, 0.3) is 33.0 Å². The van der Waals surface area contributed by atoms with Crippen molar-refractivity contribution in [1.82, 2.24) is 0 Å². The second kappa shape index (κ2) is 5.46. The Balaban J connectivity index is 2.04. The van der Waals surface area contributed by atoms with Crippen LogP contribution in [0.15, 0.2) is 78.9 Å². The molecule has 1 heteroatoms. The summed E-state index contributed by atoms with van der Waals surface area (Å²) in [6.07, 6.45) is 0. The highest BCUT2D eigenvalue weighted by Gasteiger charge is 2.39. The lowest BCUT2D eigenvalue weighted by Crippen LogP contribution is -2.16. The molecule has 26 heavy (non-hydrogen) atoms. The molecule has 0 amide bonds. The largest absolute Gasteiger partial charge is 0.0830 e. The van der Waals surface area contributed by atoms with E-state index in [0.717, 1.165) is 10.4 Å². The van der Waals surface area contributed by atoms with Gasteiger partial charge in [-0.2, -0.15) is 0 Å². The quantitative estimate of drug-likeness (QED) is 0.332. The average molecular weight is 355 g/mol. The molecule has 0 bridgehead atoms. The third-order valence-electron chi connectivity index (χ3n) is 5.71. The molecule has 1 aliphatic rings. The molecule has 0 aromatic heterocycles. The fourth-order valence-corrected chi connectivity index (χ4v) is 4.92. The molecule has 4 aromatic carbocycles. The maximum absolute atomic E-state index is 7.00. The van der Waals surface area contributed by atoms with Crippen LogP contribution in [-0.2, 0) is 5.41 Å². The van der Waals surface area contributed by atoms with E-state index in [0.29, 0.717) is 0 Å². The molecule has 0 heterocycles. The first-order valence-corrected chi connectivity index (χ1v) is 9.38. The molecular formula is C25H19Cl. The zero-order valence-corrected chi connectivity index (χ0v) is 15.6. The maximum Gasteiger partial charge on any atom is 0.0566 e. The van der Waals surface area contributed by atoms with Crippen LogP contribution in [0, 0.1) is 0 Å². The highest BCUT2D eigenvalue weighted by molar-refractivity contribution is 6.40. The van der Waals surface area contributed by atoms with Gasteiger partial charge < -0.3 is 0 Å². The highest BCUT2D eigenvalue weighted by atomic mass is 35.5. The fourth-order valence-electron chi connectivity index (χ4n) is 4.56. The van der Waals surface area contributed by atoms with Crippen LogP contribution in [0.1, 0.15) is 25.0 Å². The number of fused-ring (bicyclic) bond motifs is 4. The Kier molecular flexibility index (Phi) is 3.29. The van der Waals surface area contributed by atoms with E-state index in [1.807, 2.05) is 0 Å². The Bertz CT molecular complexity index is 1150. The van der Waals surface area contributed by atoms with Gasteiger partial charge in [-0.3, -0.25) is 0 Å². The molecular weight excluding hydrogens is 336 g/mol. The van der Waals surface area contributed by atoms with Gasteiger partial charge in [-0.05, 0) is 33.2 Å². The molecule has 0 atom stereocenters. The molecule has 1 aliphatic carbocycles. The number of halogens is 1. The first kappa shape index (κ1) is 15.7. The monoisotopic (exact) mass is 354 g/mol. The van der Waals surface area contributed by atoms with E-state index in [1.165, 1.54) is 38.8 Å². The van der Waals surface area contributed by atoms with Gasteiger partial charge in [0, 0.05) is 16.4 Å². The second-order valence-electron chi connectivity index (χ2n) is 7.52. The summed E-state index contributed by atoms with van der Waals surface area (Å²) >= 11 is 7.00. The van der Waals surface area contributed by atoms with Crippen LogP contribution in [0.4, 0.5) is 0 Å². The lowest BCUT2D eigenvalue weighted by Gasteiger charge is -2.26. The summed E-state index contributed by atoms with van der Waals surface area (Å²) in [5.74, 6) is 0. The average Bonchev–Trinajstić information content (AvgIpc) is 2.91. The Morgan fingerprint density at radius 3 is 2.04 bits per heavy atom. The van der Waals surface area contributed by atoms with E-state index in [4.69, 9.17) is 11.6 Å². The standard InChI is InChI=1S/C25H19Cl/c1-25(2)20-15-9-8-14-19(20)22-23(25)21(16-10-4-3-5-11-16)17-12-6-7-13-18(17)24(22)26/h3-15H,1-2H3.